The number of nitrogens with one attached hydrogen (secondary N) is 2. The number of pyridine rings is 1. The first kappa shape index (κ1) is 14.6. The molecule has 0 atom stereocenters. The van der Waals surface area contributed by atoms with Gasteiger partial charge in [-0.25, -0.2) is 8.78 Å². The maximum absolute atomic E-state index is 13.3. The zero-order valence-corrected chi connectivity index (χ0v) is 10.8. The molecule has 1 aromatic carbocycles. The number of carbonyl (C=O) groups excluding carboxylic acids is 2. The molecule has 0 fully saturated rings. The second kappa shape index (κ2) is 6.56. The fraction of sp³-hybridized carbons (Fsp3) is 0.0714. The zero-order chi connectivity index (χ0) is 15.2. The summed E-state index contributed by atoms with van der Waals surface area (Å²) >= 11 is 0. The Kier molecular flexibility index (Phi) is 4.55. The highest BCUT2D eigenvalue weighted by Crippen LogP contribution is 2.14. The molecule has 21 heavy (non-hydrogen) atoms. The minimum Gasteiger partial charge on any atom is -0.344 e. The van der Waals surface area contributed by atoms with Crippen LogP contribution in [-0.2, 0) is 16.1 Å². The van der Waals surface area contributed by atoms with Gasteiger partial charge in [0.25, 0.3) is 0 Å². The number of nitrogens with zero attached hydrogens (tertiary/aromatic N) is 1. The molecule has 0 aliphatic heterocycles. The van der Waals surface area contributed by atoms with Gasteiger partial charge in [0.2, 0.25) is 0 Å². The smallest absolute Gasteiger partial charge is 0.313 e. The van der Waals surface area contributed by atoms with Crippen molar-refractivity contribution in [2.24, 2.45) is 0 Å². The van der Waals surface area contributed by atoms with Gasteiger partial charge in [0.15, 0.2) is 0 Å². The predicted octanol–water partition coefficient (Wildman–Crippen LogP) is 1.61. The summed E-state index contributed by atoms with van der Waals surface area (Å²) in [5.74, 6) is -3.69. The van der Waals surface area contributed by atoms with Crippen molar-refractivity contribution in [1.82, 2.24) is 10.3 Å². The van der Waals surface area contributed by atoms with E-state index in [2.05, 4.69) is 15.6 Å². The fourth-order valence-electron chi connectivity index (χ4n) is 1.54. The van der Waals surface area contributed by atoms with Gasteiger partial charge in [0, 0.05) is 25.0 Å². The van der Waals surface area contributed by atoms with Crippen LogP contribution in [0.1, 0.15) is 5.56 Å². The molecule has 1 aromatic heterocycles. The van der Waals surface area contributed by atoms with Gasteiger partial charge >= 0.3 is 11.8 Å². The van der Waals surface area contributed by atoms with Crippen LogP contribution in [0, 0.1) is 11.6 Å². The summed E-state index contributed by atoms with van der Waals surface area (Å²) in [5, 5.41) is 4.43. The highest BCUT2D eigenvalue weighted by atomic mass is 19.1. The van der Waals surface area contributed by atoms with Crippen LogP contribution in [0.25, 0.3) is 0 Å². The Bertz CT molecular complexity index is 663. The largest absolute Gasteiger partial charge is 0.344 e. The topological polar surface area (TPSA) is 71.1 Å². The zero-order valence-electron chi connectivity index (χ0n) is 10.8. The van der Waals surface area contributed by atoms with E-state index in [-0.39, 0.29) is 12.2 Å². The highest BCUT2D eigenvalue weighted by Gasteiger charge is 2.15. The van der Waals surface area contributed by atoms with Crippen LogP contribution in [0.15, 0.2) is 42.7 Å². The molecule has 108 valence electrons. The summed E-state index contributed by atoms with van der Waals surface area (Å²) in [5.41, 5.74) is 0.449. The summed E-state index contributed by atoms with van der Waals surface area (Å²) in [7, 11) is 0. The maximum atomic E-state index is 13.3. The lowest BCUT2D eigenvalue weighted by Gasteiger charge is -2.07. The van der Waals surface area contributed by atoms with Crippen LogP contribution in [-0.4, -0.2) is 16.8 Å². The van der Waals surface area contributed by atoms with E-state index in [1.165, 1.54) is 6.20 Å². The second-order valence-electron chi connectivity index (χ2n) is 4.12. The second-order valence-corrected chi connectivity index (χ2v) is 4.12. The SMILES string of the molecule is O=C(NCc1cccnc1)C(=O)Nc1ccc(F)cc1F. The first-order valence-electron chi connectivity index (χ1n) is 5.99. The minimum absolute atomic E-state index is 0.117. The van der Waals surface area contributed by atoms with Crippen molar-refractivity contribution in [2.45, 2.75) is 6.54 Å². The number of rotatable bonds is 3. The van der Waals surface area contributed by atoms with Gasteiger partial charge in [-0.2, -0.15) is 0 Å². The van der Waals surface area contributed by atoms with E-state index in [1.807, 2.05) is 0 Å². The Morgan fingerprint density at radius 2 is 1.95 bits per heavy atom. The van der Waals surface area contributed by atoms with Crippen molar-refractivity contribution in [2.75, 3.05) is 5.32 Å². The van der Waals surface area contributed by atoms with Gasteiger partial charge in [-0.3, -0.25) is 14.6 Å². The molecule has 5 nitrogen and oxygen atoms in total. The summed E-state index contributed by atoms with van der Waals surface area (Å²) in [6, 6.07) is 6.05. The molecule has 0 spiro atoms. The fourth-order valence-corrected chi connectivity index (χ4v) is 1.54. The number of amides is 2. The molecule has 0 aliphatic carbocycles. The molecular formula is C14H11F2N3O2. The van der Waals surface area contributed by atoms with E-state index in [9.17, 15) is 18.4 Å². The number of carbonyl (C=O) groups is 2. The predicted molar refractivity (Wildman–Crippen MR) is 71.1 cm³/mol. The average molecular weight is 291 g/mol. The number of hydrogen-bond acceptors (Lipinski definition) is 3. The summed E-state index contributed by atoms with van der Waals surface area (Å²) < 4.78 is 26.0. The molecule has 0 saturated heterocycles. The van der Waals surface area contributed by atoms with E-state index in [1.54, 1.807) is 18.3 Å². The summed E-state index contributed by atoms with van der Waals surface area (Å²) in [4.78, 5) is 27.0. The number of halogens is 2. The molecule has 2 amide bonds. The Balaban J connectivity index is 1.92. The molecule has 2 rings (SSSR count). The molecule has 0 unspecified atom stereocenters. The third-order valence-electron chi connectivity index (χ3n) is 2.56. The van der Waals surface area contributed by atoms with Crippen molar-refractivity contribution in [3.8, 4) is 0 Å². The third kappa shape index (κ3) is 4.07. The average Bonchev–Trinajstić information content (AvgIpc) is 2.48. The van der Waals surface area contributed by atoms with Crippen molar-refractivity contribution < 1.29 is 18.4 Å². The third-order valence-corrected chi connectivity index (χ3v) is 2.56. The van der Waals surface area contributed by atoms with Crippen LogP contribution in [0.2, 0.25) is 0 Å². The van der Waals surface area contributed by atoms with Crippen molar-refractivity contribution >= 4 is 17.5 Å². The van der Waals surface area contributed by atoms with Crippen molar-refractivity contribution in [3.63, 3.8) is 0 Å². The normalized spacial score (nSPS) is 10.0. The Labute approximate surface area is 119 Å². The van der Waals surface area contributed by atoms with Crippen molar-refractivity contribution in [1.29, 1.82) is 0 Å². The number of anilines is 1. The maximum Gasteiger partial charge on any atom is 0.313 e. The molecule has 0 saturated carbocycles. The first-order valence-corrected chi connectivity index (χ1v) is 5.99. The summed E-state index contributed by atoms with van der Waals surface area (Å²) in [6.07, 6.45) is 3.12. The summed E-state index contributed by atoms with van der Waals surface area (Å²) in [6.45, 7) is 0.117. The standard InChI is InChI=1S/C14H11F2N3O2/c15-10-3-4-12(11(16)6-10)19-14(21)13(20)18-8-9-2-1-5-17-7-9/h1-7H,8H2,(H,18,20)(H,19,21). The molecule has 0 bridgehead atoms. The van der Waals surface area contributed by atoms with E-state index < -0.39 is 23.4 Å². The molecule has 1 heterocycles. The Hall–Kier alpha value is -2.83. The molecular weight excluding hydrogens is 280 g/mol. The van der Waals surface area contributed by atoms with E-state index in [0.717, 1.165) is 12.1 Å². The van der Waals surface area contributed by atoms with E-state index in [4.69, 9.17) is 0 Å². The van der Waals surface area contributed by atoms with Crippen molar-refractivity contribution in [3.05, 3.63) is 59.9 Å². The van der Waals surface area contributed by atoms with Crippen LogP contribution in [0.4, 0.5) is 14.5 Å². The molecule has 2 N–H and O–H groups in total. The van der Waals surface area contributed by atoms with Crippen LogP contribution in [0.5, 0.6) is 0 Å². The van der Waals surface area contributed by atoms with Gasteiger partial charge in [-0.1, -0.05) is 6.07 Å². The van der Waals surface area contributed by atoms with Gasteiger partial charge in [-0.15, -0.1) is 0 Å². The lowest BCUT2D eigenvalue weighted by atomic mass is 10.3. The molecule has 7 heteroatoms. The molecule has 0 aliphatic rings. The lowest BCUT2D eigenvalue weighted by molar-refractivity contribution is -0.136. The lowest BCUT2D eigenvalue weighted by Crippen LogP contribution is -2.35. The quantitative estimate of drug-likeness (QED) is 0.844. The molecule has 2 aromatic rings. The van der Waals surface area contributed by atoms with Crippen LogP contribution in [0.3, 0.4) is 0 Å². The van der Waals surface area contributed by atoms with Gasteiger partial charge in [0.1, 0.15) is 11.6 Å². The Morgan fingerprint density at radius 1 is 1.14 bits per heavy atom. The molecule has 0 radical (unpaired) electrons. The van der Waals surface area contributed by atoms with Gasteiger partial charge in [-0.05, 0) is 23.8 Å². The number of hydrogen-bond donors (Lipinski definition) is 2. The number of aromatic nitrogens is 1. The highest BCUT2D eigenvalue weighted by molar-refractivity contribution is 6.39. The number of benzene rings is 1. The van der Waals surface area contributed by atoms with Gasteiger partial charge < -0.3 is 10.6 Å². The first-order chi connectivity index (χ1) is 10.1. The van der Waals surface area contributed by atoms with E-state index >= 15 is 0 Å². The van der Waals surface area contributed by atoms with Crippen LogP contribution < -0.4 is 10.6 Å². The van der Waals surface area contributed by atoms with Gasteiger partial charge in [0.05, 0.1) is 5.69 Å². The van der Waals surface area contributed by atoms with E-state index in [0.29, 0.717) is 11.6 Å². The Morgan fingerprint density at radius 3 is 2.62 bits per heavy atom. The van der Waals surface area contributed by atoms with Crippen LogP contribution >= 0.6 is 0 Å². The monoisotopic (exact) mass is 291 g/mol. The minimum atomic E-state index is -1.04.